The van der Waals surface area contributed by atoms with Gasteiger partial charge in [0.2, 0.25) is 0 Å². The molecule has 0 radical (unpaired) electrons. The Hall–Kier alpha value is -3.80. The van der Waals surface area contributed by atoms with E-state index in [0.717, 1.165) is 0 Å². The number of fused-ring (bicyclic) bond motifs is 2. The van der Waals surface area contributed by atoms with Crippen molar-refractivity contribution in [1.29, 1.82) is 0 Å². The summed E-state index contributed by atoms with van der Waals surface area (Å²) in [6.07, 6.45) is 0. The summed E-state index contributed by atoms with van der Waals surface area (Å²) in [7, 11) is 0. The number of nitro benzene ring substituents is 1. The monoisotopic (exact) mass is 346 g/mol. The molecule has 0 aromatic heterocycles. The maximum atomic E-state index is 12.1. The van der Waals surface area contributed by atoms with E-state index < -0.39 is 4.92 Å². The van der Waals surface area contributed by atoms with E-state index >= 15 is 0 Å². The molecule has 6 heteroatoms. The van der Waals surface area contributed by atoms with Gasteiger partial charge in [-0.15, -0.1) is 0 Å². The number of rotatable bonds is 1. The van der Waals surface area contributed by atoms with Crippen LogP contribution in [0, 0.1) is 10.1 Å². The first-order valence-electron chi connectivity index (χ1n) is 7.77. The third-order valence-electron chi connectivity index (χ3n) is 3.97. The van der Waals surface area contributed by atoms with E-state index in [9.17, 15) is 19.7 Å². The van der Waals surface area contributed by atoms with Gasteiger partial charge in [-0.3, -0.25) is 19.7 Å². The molecule has 1 aliphatic carbocycles. The van der Waals surface area contributed by atoms with Crippen LogP contribution >= 0.6 is 0 Å². The molecule has 128 valence electrons. The van der Waals surface area contributed by atoms with Gasteiger partial charge < -0.3 is 5.73 Å². The second-order valence-electron chi connectivity index (χ2n) is 5.57. The lowest BCUT2D eigenvalue weighted by molar-refractivity contribution is -0.383. The number of para-hydroxylation sites is 2. The van der Waals surface area contributed by atoms with Crippen molar-refractivity contribution in [3.63, 3.8) is 0 Å². The molecule has 0 aliphatic heterocycles. The molecule has 0 atom stereocenters. The molecule has 2 N–H and O–H groups in total. The van der Waals surface area contributed by atoms with E-state index in [1.165, 1.54) is 12.1 Å². The Morgan fingerprint density at radius 1 is 0.654 bits per heavy atom. The van der Waals surface area contributed by atoms with Gasteiger partial charge in [0, 0.05) is 28.3 Å². The third-order valence-corrected chi connectivity index (χ3v) is 3.97. The number of anilines is 1. The molecular formula is C20H14N2O4. The standard InChI is InChI=1S/C14H8O2.C6H6N2O2/c15-13-9-5-1-2-6-10(9)14(16)12-8-4-3-7-11(12)13;7-5-3-1-2-4-6(5)8(9)10/h1-8H;1-4H,7H2. The summed E-state index contributed by atoms with van der Waals surface area (Å²) < 4.78 is 0. The molecule has 0 amide bonds. The van der Waals surface area contributed by atoms with E-state index in [4.69, 9.17) is 5.73 Å². The zero-order valence-corrected chi connectivity index (χ0v) is 13.6. The molecule has 0 heterocycles. The van der Waals surface area contributed by atoms with E-state index in [-0.39, 0.29) is 22.9 Å². The minimum atomic E-state index is -0.505. The number of nitro groups is 1. The highest BCUT2D eigenvalue weighted by molar-refractivity contribution is 6.28. The number of hydrogen-bond donors (Lipinski definition) is 1. The van der Waals surface area contributed by atoms with Gasteiger partial charge >= 0.3 is 0 Å². The summed E-state index contributed by atoms with van der Waals surface area (Å²) in [5.74, 6) is -0.128. The van der Waals surface area contributed by atoms with Crippen LogP contribution in [0.5, 0.6) is 0 Å². The van der Waals surface area contributed by atoms with Crippen LogP contribution in [0.1, 0.15) is 31.8 Å². The smallest absolute Gasteiger partial charge is 0.292 e. The first-order chi connectivity index (χ1) is 12.5. The van der Waals surface area contributed by atoms with Crippen LogP contribution in [0.4, 0.5) is 11.4 Å². The highest BCUT2D eigenvalue weighted by atomic mass is 16.6. The van der Waals surface area contributed by atoms with Crippen LogP contribution in [0.25, 0.3) is 0 Å². The lowest BCUT2D eigenvalue weighted by atomic mass is 9.84. The number of carbonyl (C=O) groups excluding carboxylic acids is 2. The van der Waals surface area contributed by atoms with Gasteiger partial charge in [-0.25, -0.2) is 0 Å². The predicted molar refractivity (Wildman–Crippen MR) is 97.3 cm³/mol. The van der Waals surface area contributed by atoms with Crippen LogP contribution in [0.2, 0.25) is 0 Å². The maximum Gasteiger partial charge on any atom is 0.292 e. The van der Waals surface area contributed by atoms with Crippen molar-refractivity contribution in [3.05, 3.63) is 105 Å². The first-order valence-corrected chi connectivity index (χ1v) is 7.77. The summed E-state index contributed by atoms with van der Waals surface area (Å²) in [6, 6.07) is 20.0. The Bertz CT molecular complexity index is 922. The number of carbonyl (C=O) groups is 2. The second-order valence-corrected chi connectivity index (χ2v) is 5.57. The molecular weight excluding hydrogens is 332 g/mol. The third kappa shape index (κ3) is 3.08. The van der Waals surface area contributed by atoms with Crippen molar-refractivity contribution in [2.24, 2.45) is 0 Å². The fourth-order valence-corrected chi connectivity index (χ4v) is 2.70. The van der Waals surface area contributed by atoms with E-state index in [0.29, 0.717) is 22.3 Å². The second kappa shape index (κ2) is 6.98. The highest BCUT2D eigenvalue weighted by Gasteiger charge is 2.28. The number of hydrogen-bond acceptors (Lipinski definition) is 5. The Morgan fingerprint density at radius 3 is 1.31 bits per heavy atom. The number of benzene rings is 3. The zero-order chi connectivity index (χ0) is 18.7. The summed E-state index contributed by atoms with van der Waals surface area (Å²) in [5, 5.41) is 10.1. The Morgan fingerprint density at radius 2 is 1.00 bits per heavy atom. The van der Waals surface area contributed by atoms with Crippen LogP contribution in [-0.2, 0) is 0 Å². The van der Waals surface area contributed by atoms with Crippen molar-refractivity contribution in [2.75, 3.05) is 5.73 Å². The van der Waals surface area contributed by atoms with Crippen LogP contribution in [-0.4, -0.2) is 16.5 Å². The average molecular weight is 346 g/mol. The molecule has 6 nitrogen and oxygen atoms in total. The Kier molecular flexibility index (Phi) is 4.57. The molecule has 0 saturated carbocycles. The van der Waals surface area contributed by atoms with Crippen molar-refractivity contribution in [3.8, 4) is 0 Å². The van der Waals surface area contributed by atoms with Crippen LogP contribution in [0.15, 0.2) is 72.8 Å². The normalized spacial score (nSPS) is 11.7. The SMILES string of the molecule is Nc1ccccc1[N+](=O)[O-].O=C1c2ccccc2C(=O)c2ccccc21. The molecule has 1 aliphatic rings. The Labute approximate surface area is 149 Å². The van der Waals surface area contributed by atoms with Crippen molar-refractivity contribution >= 4 is 22.9 Å². The van der Waals surface area contributed by atoms with Gasteiger partial charge in [0.05, 0.1) is 4.92 Å². The molecule has 0 fully saturated rings. The number of nitrogens with zero attached hydrogens (tertiary/aromatic N) is 1. The van der Waals surface area contributed by atoms with Crippen molar-refractivity contribution in [1.82, 2.24) is 0 Å². The number of nitrogen functional groups attached to an aromatic ring is 1. The predicted octanol–water partition coefficient (Wildman–Crippen LogP) is 3.64. The maximum absolute atomic E-state index is 12.1. The molecule has 0 unspecified atom stereocenters. The number of nitrogens with two attached hydrogens (primary N) is 1. The largest absolute Gasteiger partial charge is 0.393 e. The van der Waals surface area contributed by atoms with Gasteiger partial charge in [0.25, 0.3) is 5.69 Å². The van der Waals surface area contributed by atoms with Gasteiger partial charge in [-0.2, -0.15) is 0 Å². The summed E-state index contributed by atoms with van der Waals surface area (Å²) >= 11 is 0. The Balaban J connectivity index is 0.000000170. The first kappa shape index (κ1) is 17.0. The molecule has 0 bridgehead atoms. The topological polar surface area (TPSA) is 103 Å². The van der Waals surface area contributed by atoms with Gasteiger partial charge in [-0.1, -0.05) is 60.7 Å². The van der Waals surface area contributed by atoms with E-state index in [2.05, 4.69) is 0 Å². The van der Waals surface area contributed by atoms with Crippen LogP contribution in [0.3, 0.4) is 0 Å². The molecule has 0 saturated heterocycles. The highest BCUT2D eigenvalue weighted by Crippen LogP contribution is 2.26. The molecule has 0 spiro atoms. The quantitative estimate of drug-likeness (QED) is 0.322. The summed E-state index contributed by atoms with van der Waals surface area (Å²) in [5.41, 5.74) is 7.46. The van der Waals surface area contributed by atoms with Crippen molar-refractivity contribution in [2.45, 2.75) is 0 Å². The summed E-state index contributed by atoms with van der Waals surface area (Å²) in [6.45, 7) is 0. The van der Waals surface area contributed by atoms with E-state index in [1.54, 1.807) is 60.7 Å². The minimum absolute atomic E-state index is 0.0394. The fourth-order valence-electron chi connectivity index (χ4n) is 2.70. The summed E-state index contributed by atoms with van der Waals surface area (Å²) in [4.78, 5) is 33.8. The van der Waals surface area contributed by atoms with Gasteiger partial charge in [-0.05, 0) is 6.07 Å². The number of ketones is 2. The van der Waals surface area contributed by atoms with Gasteiger partial charge in [0.15, 0.2) is 11.6 Å². The van der Waals surface area contributed by atoms with Crippen LogP contribution < -0.4 is 5.73 Å². The molecule has 3 aromatic carbocycles. The molecule has 3 aromatic rings. The van der Waals surface area contributed by atoms with Crippen molar-refractivity contribution < 1.29 is 14.5 Å². The zero-order valence-electron chi connectivity index (χ0n) is 13.6. The van der Waals surface area contributed by atoms with Gasteiger partial charge in [0.1, 0.15) is 5.69 Å². The lowest BCUT2D eigenvalue weighted by Crippen LogP contribution is -2.20. The average Bonchev–Trinajstić information content (AvgIpc) is 2.67. The molecule has 26 heavy (non-hydrogen) atoms. The van der Waals surface area contributed by atoms with E-state index in [1.807, 2.05) is 0 Å². The minimum Gasteiger partial charge on any atom is -0.393 e. The molecule has 4 rings (SSSR count). The lowest BCUT2D eigenvalue weighted by Gasteiger charge is -2.16. The fraction of sp³-hybridized carbons (Fsp3) is 0.